The fourth-order valence-electron chi connectivity index (χ4n) is 1.65. The zero-order chi connectivity index (χ0) is 14.9. The van der Waals surface area contributed by atoms with Crippen LogP contribution in [0.2, 0.25) is 0 Å². The van der Waals surface area contributed by atoms with E-state index in [1.54, 1.807) is 26.0 Å². The Morgan fingerprint density at radius 2 is 1.75 bits per heavy atom. The third-order valence-corrected chi connectivity index (χ3v) is 5.13. The van der Waals surface area contributed by atoms with E-state index in [1.807, 2.05) is 0 Å². The average Bonchev–Trinajstić information content (AvgIpc) is 2.37. The predicted molar refractivity (Wildman–Crippen MR) is 80.8 cm³/mol. The Bertz CT molecular complexity index is 760. The highest BCUT2D eigenvalue weighted by molar-refractivity contribution is 9.10. The van der Waals surface area contributed by atoms with Gasteiger partial charge in [0.25, 0.3) is 10.0 Å². The van der Waals surface area contributed by atoms with Crippen LogP contribution in [0.25, 0.3) is 0 Å². The number of rotatable bonds is 3. The van der Waals surface area contributed by atoms with Crippen molar-refractivity contribution >= 4 is 31.6 Å². The number of hydrogen-bond donors (Lipinski definition) is 1. The van der Waals surface area contributed by atoms with Gasteiger partial charge in [0.15, 0.2) is 0 Å². The summed E-state index contributed by atoms with van der Waals surface area (Å²) in [5, 5.41) is 0. The van der Waals surface area contributed by atoms with Gasteiger partial charge in [0.05, 0.1) is 10.6 Å². The lowest BCUT2D eigenvalue weighted by Crippen LogP contribution is -2.13. The van der Waals surface area contributed by atoms with Gasteiger partial charge in [-0.3, -0.25) is 4.72 Å². The second-order valence-corrected chi connectivity index (χ2v) is 7.02. The summed E-state index contributed by atoms with van der Waals surface area (Å²) in [6.07, 6.45) is 0. The van der Waals surface area contributed by atoms with E-state index >= 15 is 0 Å². The molecule has 0 saturated carbocycles. The van der Waals surface area contributed by atoms with Gasteiger partial charge in [-0.1, -0.05) is 22.0 Å². The van der Waals surface area contributed by atoms with Gasteiger partial charge in [0.2, 0.25) is 0 Å². The van der Waals surface area contributed by atoms with E-state index < -0.39 is 15.8 Å². The molecule has 106 valence electrons. The van der Waals surface area contributed by atoms with E-state index in [2.05, 4.69) is 20.7 Å². The van der Waals surface area contributed by atoms with Crippen molar-refractivity contribution in [1.29, 1.82) is 0 Å². The van der Waals surface area contributed by atoms with Crippen molar-refractivity contribution < 1.29 is 12.8 Å². The number of nitrogens with one attached hydrogen (secondary N) is 1. The third-order valence-electron chi connectivity index (χ3n) is 2.86. The zero-order valence-corrected chi connectivity index (χ0v) is 13.3. The summed E-state index contributed by atoms with van der Waals surface area (Å²) in [5.74, 6) is -0.447. The lowest BCUT2D eigenvalue weighted by molar-refractivity contribution is 0.601. The first-order chi connectivity index (χ1) is 9.29. The van der Waals surface area contributed by atoms with Crippen LogP contribution in [-0.2, 0) is 10.0 Å². The van der Waals surface area contributed by atoms with Gasteiger partial charge in [-0.25, -0.2) is 12.8 Å². The van der Waals surface area contributed by atoms with Crippen LogP contribution in [0.5, 0.6) is 0 Å². The van der Waals surface area contributed by atoms with Gasteiger partial charge in [-0.15, -0.1) is 0 Å². The highest BCUT2D eigenvalue weighted by atomic mass is 79.9. The molecule has 0 aromatic heterocycles. The van der Waals surface area contributed by atoms with E-state index in [0.717, 1.165) is 10.0 Å². The van der Waals surface area contributed by atoms with Gasteiger partial charge in [0, 0.05) is 4.47 Å². The van der Waals surface area contributed by atoms with E-state index in [-0.39, 0.29) is 10.6 Å². The molecule has 2 rings (SSSR count). The Morgan fingerprint density at radius 1 is 1.05 bits per heavy atom. The summed E-state index contributed by atoms with van der Waals surface area (Å²) >= 11 is 3.32. The lowest BCUT2D eigenvalue weighted by atomic mass is 10.2. The maximum Gasteiger partial charge on any atom is 0.261 e. The van der Waals surface area contributed by atoms with Crippen LogP contribution in [0.3, 0.4) is 0 Å². The second-order valence-electron chi connectivity index (χ2n) is 4.48. The number of aryl methyl sites for hydroxylation is 2. The number of anilines is 1. The summed E-state index contributed by atoms with van der Waals surface area (Å²) in [4.78, 5) is 0.138. The molecule has 0 heterocycles. The van der Waals surface area contributed by atoms with Crippen molar-refractivity contribution in [2.75, 3.05) is 4.72 Å². The predicted octanol–water partition coefficient (Wildman–Crippen LogP) is 4.01. The summed E-state index contributed by atoms with van der Waals surface area (Å²) in [5.41, 5.74) is 1.48. The minimum atomic E-state index is -3.72. The summed E-state index contributed by atoms with van der Waals surface area (Å²) in [7, 11) is -3.72. The van der Waals surface area contributed by atoms with E-state index in [9.17, 15) is 12.8 Å². The first-order valence-corrected chi connectivity index (χ1v) is 8.12. The molecule has 2 aromatic carbocycles. The molecule has 0 bridgehead atoms. The van der Waals surface area contributed by atoms with Crippen LogP contribution >= 0.6 is 15.9 Å². The summed E-state index contributed by atoms with van der Waals surface area (Å²) in [6, 6.07) is 8.93. The Balaban J connectivity index is 2.35. The second kappa shape index (κ2) is 5.54. The van der Waals surface area contributed by atoms with Crippen molar-refractivity contribution in [1.82, 2.24) is 0 Å². The van der Waals surface area contributed by atoms with Crippen molar-refractivity contribution in [3.8, 4) is 0 Å². The molecule has 0 atom stereocenters. The normalized spacial score (nSPS) is 11.4. The fourth-order valence-corrected chi connectivity index (χ4v) is 3.04. The molecule has 0 radical (unpaired) electrons. The van der Waals surface area contributed by atoms with Gasteiger partial charge in [-0.2, -0.15) is 0 Å². The van der Waals surface area contributed by atoms with Crippen LogP contribution in [0.4, 0.5) is 10.1 Å². The first-order valence-electron chi connectivity index (χ1n) is 5.85. The Hall–Kier alpha value is -1.40. The quantitative estimate of drug-likeness (QED) is 0.901. The van der Waals surface area contributed by atoms with Gasteiger partial charge >= 0.3 is 0 Å². The van der Waals surface area contributed by atoms with Crippen molar-refractivity contribution in [3.63, 3.8) is 0 Å². The molecular formula is C14H13BrFNO2S. The van der Waals surface area contributed by atoms with Crippen molar-refractivity contribution in [2.24, 2.45) is 0 Å². The first kappa shape index (κ1) is 15.0. The van der Waals surface area contributed by atoms with Crippen LogP contribution in [-0.4, -0.2) is 8.42 Å². The Labute approximate surface area is 126 Å². The summed E-state index contributed by atoms with van der Waals surface area (Å²) < 4.78 is 41.1. The summed E-state index contributed by atoms with van der Waals surface area (Å²) in [6.45, 7) is 3.42. The molecule has 0 aliphatic rings. The molecule has 0 spiro atoms. The number of hydrogen-bond acceptors (Lipinski definition) is 2. The topological polar surface area (TPSA) is 46.2 Å². The van der Waals surface area contributed by atoms with E-state index in [1.165, 1.54) is 24.3 Å². The van der Waals surface area contributed by atoms with Gasteiger partial charge < -0.3 is 0 Å². The van der Waals surface area contributed by atoms with Crippen LogP contribution in [0, 0.1) is 19.7 Å². The standard InChI is InChI=1S/C14H13BrFNO2S/c1-9-3-4-11(8-14(9)16)17-20(18,19)12-5-6-13(15)10(2)7-12/h3-8,17H,1-2H3. The highest BCUT2D eigenvalue weighted by Gasteiger charge is 2.15. The number of halogens is 2. The van der Waals surface area contributed by atoms with E-state index in [0.29, 0.717) is 5.56 Å². The van der Waals surface area contributed by atoms with Crippen LogP contribution in [0.15, 0.2) is 45.8 Å². The van der Waals surface area contributed by atoms with Gasteiger partial charge in [0.1, 0.15) is 5.82 Å². The molecule has 0 amide bonds. The molecule has 0 aliphatic carbocycles. The lowest BCUT2D eigenvalue weighted by Gasteiger charge is -2.10. The molecule has 0 aliphatic heterocycles. The molecule has 2 aromatic rings. The molecule has 20 heavy (non-hydrogen) atoms. The molecule has 6 heteroatoms. The monoisotopic (exact) mass is 357 g/mol. The number of benzene rings is 2. The van der Waals surface area contributed by atoms with Gasteiger partial charge in [-0.05, 0) is 55.3 Å². The molecule has 0 unspecified atom stereocenters. The Kier molecular flexibility index (Phi) is 4.15. The minimum absolute atomic E-state index is 0.138. The third kappa shape index (κ3) is 3.19. The van der Waals surface area contributed by atoms with Crippen LogP contribution in [0.1, 0.15) is 11.1 Å². The highest BCUT2D eigenvalue weighted by Crippen LogP contribution is 2.22. The molecule has 3 nitrogen and oxygen atoms in total. The largest absolute Gasteiger partial charge is 0.280 e. The average molecular weight is 358 g/mol. The molecule has 1 N–H and O–H groups in total. The maximum atomic E-state index is 13.4. The molecular weight excluding hydrogens is 345 g/mol. The molecule has 0 saturated heterocycles. The van der Waals surface area contributed by atoms with Crippen molar-refractivity contribution in [2.45, 2.75) is 18.7 Å². The maximum absolute atomic E-state index is 13.4. The number of sulfonamides is 1. The minimum Gasteiger partial charge on any atom is -0.280 e. The fraction of sp³-hybridized carbons (Fsp3) is 0.143. The van der Waals surface area contributed by atoms with E-state index in [4.69, 9.17) is 0 Å². The zero-order valence-electron chi connectivity index (χ0n) is 10.9. The van der Waals surface area contributed by atoms with Crippen molar-refractivity contribution in [3.05, 3.63) is 57.8 Å². The smallest absolute Gasteiger partial charge is 0.261 e. The van der Waals surface area contributed by atoms with Crippen LogP contribution < -0.4 is 4.72 Å². The Morgan fingerprint density at radius 3 is 2.35 bits per heavy atom. The SMILES string of the molecule is Cc1ccc(NS(=O)(=O)c2ccc(Br)c(C)c2)cc1F. The molecule has 0 fully saturated rings.